The number of carbonyl (C=O) groups is 1. The molecule has 0 saturated heterocycles. The first-order chi connectivity index (χ1) is 22.4. The van der Waals surface area contributed by atoms with E-state index in [1.165, 1.54) is 33.0 Å². The van der Waals surface area contributed by atoms with Crippen LogP contribution in [0, 0.1) is 0 Å². The fourth-order valence-electron chi connectivity index (χ4n) is 4.65. The Balaban J connectivity index is 1.23. The van der Waals surface area contributed by atoms with Gasteiger partial charge in [-0.2, -0.15) is 0 Å². The van der Waals surface area contributed by atoms with Gasteiger partial charge in [0.2, 0.25) is 5.75 Å². The first-order valence-corrected chi connectivity index (χ1v) is 16.0. The number of nitrogen functional groups attached to an aromatic ring is 1. The van der Waals surface area contributed by atoms with E-state index in [9.17, 15) is 4.79 Å². The highest BCUT2D eigenvalue weighted by atomic mass is 32.2. The van der Waals surface area contributed by atoms with Crippen LogP contribution in [0.25, 0.3) is 6.08 Å². The molecule has 0 radical (unpaired) electrons. The highest BCUT2D eigenvalue weighted by Gasteiger charge is 2.16. The summed E-state index contributed by atoms with van der Waals surface area (Å²) in [7, 11) is 6.15. The van der Waals surface area contributed by atoms with Crippen LogP contribution in [-0.2, 0) is 5.75 Å². The summed E-state index contributed by atoms with van der Waals surface area (Å²) < 4.78 is 33.6. The van der Waals surface area contributed by atoms with Gasteiger partial charge in [0.05, 0.1) is 41.7 Å². The molecule has 0 aliphatic heterocycles. The number of para-hydroxylation sites is 1. The van der Waals surface area contributed by atoms with E-state index in [4.69, 9.17) is 34.2 Å². The van der Waals surface area contributed by atoms with Gasteiger partial charge in [0.25, 0.3) is 0 Å². The summed E-state index contributed by atoms with van der Waals surface area (Å²) in [4.78, 5) is 14.0. The molecule has 4 aromatic carbocycles. The van der Waals surface area contributed by atoms with Gasteiger partial charge < -0.3 is 34.2 Å². The molecule has 0 amide bonds. The number of thioether (sulfide) groups is 1. The summed E-state index contributed by atoms with van der Waals surface area (Å²) in [6.45, 7) is 1.16. The van der Waals surface area contributed by atoms with Crippen LogP contribution < -0.4 is 34.2 Å². The van der Waals surface area contributed by atoms with Crippen LogP contribution in [0.2, 0.25) is 0 Å². The lowest BCUT2D eigenvalue weighted by Crippen LogP contribution is -2.02. The summed E-state index contributed by atoms with van der Waals surface area (Å²) in [5.74, 6) is 4.00. The number of methoxy groups -OCH3 is 4. The number of rotatable bonds is 18. The van der Waals surface area contributed by atoms with Crippen molar-refractivity contribution >= 4 is 29.3 Å². The van der Waals surface area contributed by atoms with Gasteiger partial charge in [0.1, 0.15) is 5.75 Å². The first-order valence-electron chi connectivity index (χ1n) is 15.0. The molecule has 0 spiro atoms. The molecule has 0 aromatic heterocycles. The normalized spacial score (nSPS) is 10.9. The number of hydrogen-bond donors (Lipinski definition) is 1. The van der Waals surface area contributed by atoms with Crippen molar-refractivity contribution in [1.82, 2.24) is 0 Å². The molecule has 0 fully saturated rings. The molecule has 0 heterocycles. The number of ether oxygens (including phenoxy) is 6. The second-order valence-electron chi connectivity index (χ2n) is 10.3. The third kappa shape index (κ3) is 9.62. The molecule has 0 aliphatic carbocycles. The molecule has 4 aromatic rings. The standard InChI is InChI=1S/C37H41NO7S/c1-40-32-18-16-26(15-17-31(39)28-23-34(41-2)37(43-4)35(24-28)42-3)22-33(32)45-20-9-5-8-19-44-29-12-10-11-27(21-29)25-46-36-14-7-6-13-30(36)38/h6-7,10-18,21-24H,5,8-9,19-20,25,38H2,1-4H3/b17-15+. The van der Waals surface area contributed by atoms with Crippen molar-refractivity contribution in [3.63, 3.8) is 0 Å². The minimum Gasteiger partial charge on any atom is -0.494 e. The summed E-state index contributed by atoms with van der Waals surface area (Å²) in [5.41, 5.74) is 9.27. The molecule has 0 aliphatic rings. The number of nitrogens with two attached hydrogens (primary N) is 1. The number of benzene rings is 4. The quantitative estimate of drug-likeness (QED) is 0.0379. The van der Waals surface area contributed by atoms with E-state index in [-0.39, 0.29) is 5.78 Å². The average Bonchev–Trinajstić information content (AvgIpc) is 3.09. The lowest BCUT2D eigenvalue weighted by Gasteiger charge is -2.13. The van der Waals surface area contributed by atoms with E-state index < -0.39 is 0 Å². The number of carbonyl (C=O) groups excluding carboxylic acids is 1. The zero-order valence-corrected chi connectivity index (χ0v) is 27.6. The van der Waals surface area contributed by atoms with Crippen molar-refractivity contribution in [2.45, 2.75) is 29.9 Å². The third-order valence-corrected chi connectivity index (χ3v) is 8.25. The van der Waals surface area contributed by atoms with E-state index in [0.717, 1.165) is 46.9 Å². The van der Waals surface area contributed by atoms with Crippen LogP contribution in [0.4, 0.5) is 5.69 Å². The maximum Gasteiger partial charge on any atom is 0.203 e. The van der Waals surface area contributed by atoms with Crippen molar-refractivity contribution < 1.29 is 33.2 Å². The molecule has 46 heavy (non-hydrogen) atoms. The number of ketones is 1. The highest BCUT2D eigenvalue weighted by Crippen LogP contribution is 2.38. The Morgan fingerprint density at radius 2 is 1.43 bits per heavy atom. The molecule has 242 valence electrons. The second-order valence-corrected chi connectivity index (χ2v) is 11.3. The van der Waals surface area contributed by atoms with E-state index >= 15 is 0 Å². The van der Waals surface area contributed by atoms with Gasteiger partial charge in [-0.15, -0.1) is 11.8 Å². The van der Waals surface area contributed by atoms with E-state index in [1.54, 1.807) is 37.1 Å². The SMILES string of the molecule is COc1ccc(/C=C/C(=O)c2cc(OC)c(OC)c(OC)c2)cc1OCCCCCOc1cccc(CSc2ccccc2N)c1. The van der Waals surface area contributed by atoms with E-state index in [2.05, 4.69) is 12.1 Å². The fourth-order valence-corrected chi connectivity index (χ4v) is 5.56. The van der Waals surface area contributed by atoms with Gasteiger partial charge >= 0.3 is 0 Å². The van der Waals surface area contributed by atoms with Crippen LogP contribution >= 0.6 is 11.8 Å². The predicted octanol–water partition coefficient (Wildman–Crippen LogP) is 8.12. The van der Waals surface area contributed by atoms with Gasteiger partial charge in [-0.3, -0.25) is 4.79 Å². The fraction of sp³-hybridized carbons (Fsp3) is 0.270. The summed E-state index contributed by atoms with van der Waals surface area (Å²) >= 11 is 1.72. The minimum absolute atomic E-state index is 0.206. The van der Waals surface area contributed by atoms with Gasteiger partial charge in [0, 0.05) is 21.9 Å². The van der Waals surface area contributed by atoms with Gasteiger partial charge in [-0.1, -0.05) is 36.4 Å². The number of unbranched alkanes of at least 4 members (excludes halogenated alkanes) is 2. The van der Waals surface area contributed by atoms with Gasteiger partial charge in [-0.25, -0.2) is 0 Å². The van der Waals surface area contributed by atoms with Crippen molar-refractivity contribution in [2.24, 2.45) is 0 Å². The maximum absolute atomic E-state index is 13.0. The van der Waals surface area contributed by atoms with Crippen LogP contribution in [0.1, 0.15) is 40.7 Å². The molecular formula is C37H41NO7S. The Kier molecular flexibility index (Phi) is 13.1. The van der Waals surface area contributed by atoms with Crippen LogP contribution in [0.15, 0.2) is 89.8 Å². The van der Waals surface area contributed by atoms with Crippen molar-refractivity contribution in [3.05, 3.63) is 102 Å². The molecular weight excluding hydrogens is 602 g/mol. The lowest BCUT2D eigenvalue weighted by molar-refractivity contribution is 0.104. The molecule has 0 atom stereocenters. The largest absolute Gasteiger partial charge is 0.494 e. The number of anilines is 1. The Morgan fingerprint density at radius 1 is 0.717 bits per heavy atom. The van der Waals surface area contributed by atoms with Crippen molar-refractivity contribution in [2.75, 3.05) is 47.4 Å². The van der Waals surface area contributed by atoms with E-state index in [1.807, 2.05) is 54.6 Å². The average molecular weight is 644 g/mol. The van der Waals surface area contributed by atoms with Gasteiger partial charge in [0.15, 0.2) is 28.8 Å². The molecule has 0 saturated carbocycles. The highest BCUT2D eigenvalue weighted by molar-refractivity contribution is 7.98. The Hall–Kier alpha value is -4.76. The minimum atomic E-state index is -0.206. The maximum atomic E-state index is 13.0. The second kappa shape index (κ2) is 17.7. The monoisotopic (exact) mass is 643 g/mol. The van der Waals surface area contributed by atoms with Crippen molar-refractivity contribution in [1.29, 1.82) is 0 Å². The molecule has 8 nitrogen and oxygen atoms in total. The Bertz CT molecular complexity index is 1600. The van der Waals surface area contributed by atoms with E-state index in [0.29, 0.717) is 47.5 Å². The zero-order valence-electron chi connectivity index (χ0n) is 26.7. The van der Waals surface area contributed by atoms with Crippen LogP contribution in [-0.4, -0.2) is 47.4 Å². The molecule has 9 heteroatoms. The van der Waals surface area contributed by atoms with Gasteiger partial charge in [-0.05, 0) is 85.0 Å². The van der Waals surface area contributed by atoms with Crippen LogP contribution in [0.3, 0.4) is 0 Å². The first kappa shape index (κ1) is 34.1. The number of hydrogen-bond acceptors (Lipinski definition) is 9. The predicted molar refractivity (Wildman–Crippen MR) is 184 cm³/mol. The molecule has 2 N–H and O–H groups in total. The summed E-state index contributed by atoms with van der Waals surface area (Å²) in [6, 6.07) is 24.9. The number of allylic oxidation sites excluding steroid dienone is 1. The Labute approximate surface area is 275 Å². The molecule has 4 rings (SSSR count). The topological polar surface area (TPSA) is 98.5 Å². The molecule has 0 bridgehead atoms. The summed E-state index contributed by atoms with van der Waals surface area (Å²) in [6.07, 6.45) is 5.96. The zero-order chi connectivity index (χ0) is 32.7. The lowest BCUT2D eigenvalue weighted by atomic mass is 10.1. The van der Waals surface area contributed by atoms with Crippen molar-refractivity contribution in [3.8, 4) is 34.5 Å². The summed E-state index contributed by atoms with van der Waals surface area (Å²) in [5, 5.41) is 0. The third-order valence-electron chi connectivity index (χ3n) is 7.09. The smallest absolute Gasteiger partial charge is 0.203 e. The van der Waals surface area contributed by atoms with Crippen LogP contribution in [0.5, 0.6) is 34.5 Å². The Morgan fingerprint density at radius 3 is 2.13 bits per heavy atom. The molecule has 0 unspecified atom stereocenters.